The SMILES string of the molecule is CC(CS(=O)(=O)F)c1ccc(CN)cc1. The van der Waals surface area contributed by atoms with Crippen LogP contribution in [0, 0.1) is 0 Å². The molecule has 15 heavy (non-hydrogen) atoms. The van der Waals surface area contributed by atoms with Crippen molar-refractivity contribution >= 4 is 10.2 Å². The molecule has 0 fully saturated rings. The molecule has 2 N–H and O–H groups in total. The third kappa shape index (κ3) is 3.97. The molecule has 0 saturated heterocycles. The molecular weight excluding hydrogens is 217 g/mol. The van der Waals surface area contributed by atoms with E-state index in [4.69, 9.17) is 5.73 Å². The predicted molar refractivity (Wildman–Crippen MR) is 57.6 cm³/mol. The molecule has 0 aliphatic carbocycles. The lowest BCUT2D eigenvalue weighted by Gasteiger charge is -2.09. The molecule has 1 rings (SSSR count). The lowest BCUT2D eigenvalue weighted by atomic mass is 10.0. The van der Waals surface area contributed by atoms with E-state index in [1.807, 2.05) is 12.1 Å². The minimum atomic E-state index is -4.41. The molecule has 0 aromatic heterocycles. The molecule has 0 aliphatic rings. The minimum Gasteiger partial charge on any atom is -0.326 e. The van der Waals surface area contributed by atoms with Crippen LogP contribution in [0.25, 0.3) is 0 Å². The molecule has 0 heterocycles. The lowest BCUT2D eigenvalue weighted by molar-refractivity contribution is 0.546. The lowest BCUT2D eigenvalue weighted by Crippen LogP contribution is -2.07. The van der Waals surface area contributed by atoms with Crippen LogP contribution >= 0.6 is 0 Å². The predicted octanol–water partition coefficient (Wildman–Crippen LogP) is 1.55. The molecule has 1 aromatic rings. The maximum atomic E-state index is 12.4. The van der Waals surface area contributed by atoms with E-state index >= 15 is 0 Å². The summed E-state index contributed by atoms with van der Waals surface area (Å²) in [5.41, 5.74) is 7.19. The van der Waals surface area contributed by atoms with E-state index in [1.54, 1.807) is 19.1 Å². The topological polar surface area (TPSA) is 60.2 Å². The number of hydrogen-bond acceptors (Lipinski definition) is 3. The fourth-order valence-corrected chi connectivity index (χ4v) is 2.17. The van der Waals surface area contributed by atoms with Gasteiger partial charge in [0.2, 0.25) is 0 Å². The van der Waals surface area contributed by atoms with Crippen LogP contribution < -0.4 is 5.73 Å². The Morgan fingerprint density at radius 1 is 1.33 bits per heavy atom. The monoisotopic (exact) mass is 231 g/mol. The molecule has 1 aromatic carbocycles. The second-order valence-corrected chi connectivity index (χ2v) is 4.96. The Morgan fingerprint density at radius 3 is 2.27 bits per heavy atom. The molecular formula is C10H14FNO2S. The van der Waals surface area contributed by atoms with Crippen LogP contribution in [-0.4, -0.2) is 14.2 Å². The van der Waals surface area contributed by atoms with Gasteiger partial charge in [-0.25, -0.2) is 0 Å². The summed E-state index contributed by atoms with van der Waals surface area (Å²) in [7, 11) is -4.41. The summed E-state index contributed by atoms with van der Waals surface area (Å²) in [4.78, 5) is 0. The van der Waals surface area contributed by atoms with E-state index in [-0.39, 0.29) is 5.92 Å². The van der Waals surface area contributed by atoms with Crippen LogP contribution in [0.4, 0.5) is 3.89 Å². The molecule has 0 aliphatic heterocycles. The van der Waals surface area contributed by atoms with Gasteiger partial charge in [0.1, 0.15) is 0 Å². The van der Waals surface area contributed by atoms with Crippen LogP contribution in [0.2, 0.25) is 0 Å². The Labute approximate surface area is 89.3 Å². The van der Waals surface area contributed by atoms with Crippen LogP contribution in [0.15, 0.2) is 24.3 Å². The molecule has 1 atom stereocenters. The zero-order valence-corrected chi connectivity index (χ0v) is 9.30. The molecule has 84 valence electrons. The van der Waals surface area contributed by atoms with Crippen LogP contribution in [-0.2, 0) is 16.8 Å². The van der Waals surface area contributed by atoms with Crippen LogP contribution in [0.3, 0.4) is 0 Å². The fraction of sp³-hybridized carbons (Fsp3) is 0.400. The van der Waals surface area contributed by atoms with Crippen molar-refractivity contribution in [3.63, 3.8) is 0 Å². The average molecular weight is 231 g/mol. The standard InChI is InChI=1S/C10H14FNO2S/c1-8(7-15(11,13)14)10-4-2-9(6-12)3-5-10/h2-5,8H,6-7,12H2,1H3. The highest BCUT2D eigenvalue weighted by Gasteiger charge is 2.15. The Kier molecular flexibility index (Phi) is 3.82. The molecule has 0 saturated carbocycles. The Morgan fingerprint density at radius 2 is 1.87 bits per heavy atom. The Balaban J connectivity index is 2.78. The van der Waals surface area contributed by atoms with Gasteiger partial charge in [0.15, 0.2) is 0 Å². The van der Waals surface area contributed by atoms with Crippen molar-refractivity contribution < 1.29 is 12.3 Å². The molecule has 3 nitrogen and oxygen atoms in total. The number of nitrogens with two attached hydrogens (primary N) is 1. The van der Waals surface area contributed by atoms with E-state index in [2.05, 4.69) is 0 Å². The second kappa shape index (κ2) is 4.72. The van der Waals surface area contributed by atoms with E-state index in [1.165, 1.54) is 0 Å². The fourth-order valence-electron chi connectivity index (χ4n) is 1.38. The van der Waals surface area contributed by atoms with Crippen molar-refractivity contribution in [3.05, 3.63) is 35.4 Å². The molecule has 0 amide bonds. The summed E-state index contributed by atoms with van der Waals surface area (Å²) in [6, 6.07) is 7.18. The molecule has 5 heteroatoms. The van der Waals surface area contributed by atoms with Gasteiger partial charge < -0.3 is 5.73 Å². The zero-order chi connectivity index (χ0) is 11.5. The summed E-state index contributed by atoms with van der Waals surface area (Å²) < 4.78 is 33.3. The third-order valence-electron chi connectivity index (χ3n) is 2.23. The Hall–Kier alpha value is -0.940. The number of hydrogen-bond donors (Lipinski definition) is 1. The first-order valence-corrected chi connectivity index (χ1v) is 6.19. The van der Waals surface area contributed by atoms with E-state index in [0.29, 0.717) is 6.54 Å². The number of rotatable bonds is 4. The van der Waals surface area contributed by atoms with Crippen LogP contribution in [0.5, 0.6) is 0 Å². The largest absolute Gasteiger partial charge is 0.326 e. The van der Waals surface area contributed by atoms with Gasteiger partial charge in [-0.15, -0.1) is 3.89 Å². The van der Waals surface area contributed by atoms with E-state index in [9.17, 15) is 12.3 Å². The maximum Gasteiger partial charge on any atom is 0.303 e. The summed E-state index contributed by atoms with van der Waals surface area (Å²) in [5.74, 6) is -0.818. The minimum absolute atomic E-state index is 0.341. The summed E-state index contributed by atoms with van der Waals surface area (Å²) in [6.07, 6.45) is 0. The van der Waals surface area contributed by atoms with Gasteiger partial charge in [-0.1, -0.05) is 31.2 Å². The van der Waals surface area contributed by atoms with E-state index < -0.39 is 16.0 Å². The first kappa shape index (κ1) is 12.1. The first-order chi connectivity index (χ1) is 6.92. The second-order valence-electron chi connectivity index (χ2n) is 3.55. The van der Waals surface area contributed by atoms with Crippen LogP contribution in [0.1, 0.15) is 24.0 Å². The summed E-state index contributed by atoms with van der Waals surface area (Å²) >= 11 is 0. The van der Waals surface area contributed by atoms with Crippen molar-refractivity contribution in [1.82, 2.24) is 0 Å². The molecule has 0 bridgehead atoms. The zero-order valence-electron chi connectivity index (χ0n) is 8.48. The van der Waals surface area contributed by atoms with Gasteiger partial charge in [-0.05, 0) is 17.0 Å². The average Bonchev–Trinajstić information content (AvgIpc) is 2.15. The molecule has 1 unspecified atom stereocenters. The number of benzene rings is 1. The van der Waals surface area contributed by atoms with Crippen molar-refractivity contribution in [2.75, 3.05) is 5.75 Å². The van der Waals surface area contributed by atoms with Gasteiger partial charge in [0, 0.05) is 6.54 Å². The highest BCUT2D eigenvalue weighted by Crippen LogP contribution is 2.18. The van der Waals surface area contributed by atoms with Crippen molar-refractivity contribution in [3.8, 4) is 0 Å². The van der Waals surface area contributed by atoms with Crippen molar-refractivity contribution in [2.24, 2.45) is 5.73 Å². The first-order valence-electron chi connectivity index (χ1n) is 4.63. The third-order valence-corrected chi connectivity index (χ3v) is 3.13. The smallest absolute Gasteiger partial charge is 0.303 e. The normalized spacial score (nSPS) is 13.8. The Bertz CT molecular complexity index is 414. The highest BCUT2D eigenvalue weighted by molar-refractivity contribution is 7.86. The van der Waals surface area contributed by atoms with Crippen molar-refractivity contribution in [2.45, 2.75) is 19.4 Å². The van der Waals surface area contributed by atoms with Crippen molar-refractivity contribution in [1.29, 1.82) is 0 Å². The summed E-state index contributed by atoms with van der Waals surface area (Å²) in [6.45, 7) is 2.12. The van der Waals surface area contributed by atoms with Gasteiger partial charge in [-0.2, -0.15) is 8.42 Å². The maximum absolute atomic E-state index is 12.4. The molecule has 0 spiro atoms. The summed E-state index contributed by atoms with van der Waals surface area (Å²) in [5, 5.41) is 0. The van der Waals surface area contributed by atoms with Gasteiger partial charge in [-0.3, -0.25) is 0 Å². The highest BCUT2D eigenvalue weighted by atomic mass is 32.3. The number of halogens is 1. The molecule has 0 radical (unpaired) electrons. The van der Waals surface area contributed by atoms with Gasteiger partial charge >= 0.3 is 10.2 Å². The van der Waals surface area contributed by atoms with Gasteiger partial charge in [0.05, 0.1) is 5.75 Å². The quantitative estimate of drug-likeness (QED) is 0.800. The van der Waals surface area contributed by atoms with E-state index in [0.717, 1.165) is 11.1 Å². The van der Waals surface area contributed by atoms with Gasteiger partial charge in [0.25, 0.3) is 0 Å².